The molecule has 164 valence electrons. The molecule has 7 heteroatoms. The monoisotopic (exact) mass is 441 g/mol. The van der Waals surface area contributed by atoms with Gasteiger partial charge in [-0.25, -0.2) is 4.98 Å². The van der Waals surface area contributed by atoms with Crippen LogP contribution in [0.2, 0.25) is 5.02 Å². The lowest BCUT2D eigenvalue weighted by Crippen LogP contribution is -2.41. The van der Waals surface area contributed by atoms with Gasteiger partial charge in [-0.15, -0.1) is 0 Å². The summed E-state index contributed by atoms with van der Waals surface area (Å²) in [5.41, 5.74) is 0.419. The molecule has 6 nitrogen and oxygen atoms in total. The summed E-state index contributed by atoms with van der Waals surface area (Å²) in [6, 6.07) is 14.0. The van der Waals surface area contributed by atoms with Crippen LogP contribution in [0.25, 0.3) is 10.9 Å². The number of para-hydroxylation sites is 1. The minimum Gasteiger partial charge on any atom is -0.484 e. The first-order valence-electron chi connectivity index (χ1n) is 10.7. The first kappa shape index (κ1) is 22.8. The molecule has 1 heterocycles. The smallest absolute Gasteiger partial charge is 0.261 e. The molecular formula is C24H28ClN3O3. The van der Waals surface area contributed by atoms with Crippen LogP contribution in [-0.2, 0) is 11.3 Å². The van der Waals surface area contributed by atoms with Crippen LogP contribution in [0.3, 0.4) is 0 Å². The first-order chi connectivity index (χ1) is 15.0. The lowest BCUT2D eigenvalue weighted by atomic mass is 10.1. The van der Waals surface area contributed by atoms with Crippen LogP contribution in [0.5, 0.6) is 5.75 Å². The maximum absolute atomic E-state index is 13.1. The highest BCUT2D eigenvalue weighted by atomic mass is 35.5. The number of halogens is 1. The average molecular weight is 442 g/mol. The minimum absolute atomic E-state index is 0.0731. The summed E-state index contributed by atoms with van der Waals surface area (Å²) in [5, 5.41) is 1.04. The Morgan fingerprint density at radius 3 is 2.55 bits per heavy atom. The third-order valence-corrected chi connectivity index (χ3v) is 5.45. The fourth-order valence-corrected chi connectivity index (χ4v) is 3.92. The number of ether oxygens (including phenoxy) is 1. The van der Waals surface area contributed by atoms with Crippen LogP contribution in [0.1, 0.15) is 45.5 Å². The molecular weight excluding hydrogens is 414 g/mol. The Balaban J connectivity index is 1.99. The van der Waals surface area contributed by atoms with E-state index < -0.39 is 0 Å². The summed E-state index contributed by atoms with van der Waals surface area (Å²) in [6.07, 6.45) is 1.40. The number of carbonyl (C=O) groups is 1. The van der Waals surface area contributed by atoms with Crippen LogP contribution >= 0.6 is 11.6 Å². The second kappa shape index (κ2) is 10.4. The van der Waals surface area contributed by atoms with Gasteiger partial charge in [0.15, 0.2) is 6.61 Å². The predicted octanol–water partition coefficient (Wildman–Crippen LogP) is 4.84. The molecule has 0 aliphatic carbocycles. The van der Waals surface area contributed by atoms with Gasteiger partial charge in [-0.2, -0.15) is 0 Å². The van der Waals surface area contributed by atoms with Crippen LogP contribution in [-0.4, -0.2) is 33.5 Å². The van der Waals surface area contributed by atoms with Gasteiger partial charge in [0.1, 0.15) is 11.6 Å². The molecule has 0 spiro atoms. The lowest BCUT2D eigenvalue weighted by Gasteiger charge is -2.32. The van der Waals surface area contributed by atoms with E-state index >= 15 is 0 Å². The molecule has 31 heavy (non-hydrogen) atoms. The van der Waals surface area contributed by atoms with Gasteiger partial charge >= 0.3 is 0 Å². The second-order valence-corrected chi connectivity index (χ2v) is 7.73. The van der Waals surface area contributed by atoms with Crippen LogP contribution in [0, 0.1) is 0 Å². The Morgan fingerprint density at radius 1 is 1.16 bits per heavy atom. The van der Waals surface area contributed by atoms with E-state index in [1.807, 2.05) is 51.1 Å². The highest BCUT2D eigenvalue weighted by molar-refractivity contribution is 6.31. The third-order valence-electron chi connectivity index (χ3n) is 5.21. The average Bonchev–Trinajstić information content (AvgIpc) is 2.78. The molecule has 1 atom stereocenters. The molecule has 0 saturated heterocycles. The van der Waals surface area contributed by atoms with Crippen molar-refractivity contribution in [3.05, 3.63) is 69.7 Å². The van der Waals surface area contributed by atoms with Crippen molar-refractivity contribution in [1.29, 1.82) is 0 Å². The SMILES string of the molecule is CCCN(C(=O)COc1ccccc1)C(CC)c1nc2cc(Cl)ccc2c(=O)n1CC. The van der Waals surface area contributed by atoms with E-state index in [0.29, 0.717) is 47.0 Å². The number of aromatic nitrogens is 2. The molecule has 0 bridgehead atoms. The number of amides is 1. The molecule has 3 aromatic rings. The molecule has 1 aromatic heterocycles. The first-order valence-corrected chi connectivity index (χ1v) is 11.0. The van der Waals surface area contributed by atoms with Crippen molar-refractivity contribution < 1.29 is 9.53 Å². The molecule has 0 N–H and O–H groups in total. The van der Waals surface area contributed by atoms with Crippen molar-refractivity contribution in [1.82, 2.24) is 14.5 Å². The largest absolute Gasteiger partial charge is 0.484 e. The van der Waals surface area contributed by atoms with Crippen molar-refractivity contribution in [2.45, 2.75) is 46.2 Å². The van der Waals surface area contributed by atoms with Crippen molar-refractivity contribution in [2.24, 2.45) is 0 Å². The van der Waals surface area contributed by atoms with Crippen molar-refractivity contribution in [3.63, 3.8) is 0 Å². The summed E-state index contributed by atoms with van der Waals surface area (Å²) in [5.74, 6) is 1.08. The maximum atomic E-state index is 13.1. The zero-order valence-electron chi connectivity index (χ0n) is 18.2. The van der Waals surface area contributed by atoms with E-state index in [4.69, 9.17) is 21.3 Å². The summed E-state index contributed by atoms with van der Waals surface area (Å²) < 4.78 is 7.35. The quantitative estimate of drug-likeness (QED) is 0.476. The molecule has 0 saturated carbocycles. The molecule has 1 amide bonds. The zero-order chi connectivity index (χ0) is 22.4. The van der Waals surface area contributed by atoms with Crippen LogP contribution in [0.15, 0.2) is 53.3 Å². The number of fused-ring (bicyclic) bond motifs is 1. The number of hydrogen-bond acceptors (Lipinski definition) is 4. The molecule has 0 fully saturated rings. The van der Waals surface area contributed by atoms with Gasteiger partial charge < -0.3 is 9.64 Å². The summed E-state index contributed by atoms with van der Waals surface area (Å²) in [4.78, 5) is 32.8. The fourth-order valence-electron chi connectivity index (χ4n) is 3.75. The number of rotatable bonds is 9. The molecule has 2 aromatic carbocycles. The number of benzene rings is 2. The van der Waals surface area contributed by atoms with E-state index in [9.17, 15) is 9.59 Å². The van der Waals surface area contributed by atoms with Crippen molar-refractivity contribution in [2.75, 3.05) is 13.2 Å². The molecule has 3 rings (SSSR count). The molecule has 0 radical (unpaired) electrons. The molecule has 0 aliphatic heterocycles. The van der Waals surface area contributed by atoms with E-state index in [0.717, 1.165) is 6.42 Å². The third kappa shape index (κ3) is 5.07. The zero-order valence-corrected chi connectivity index (χ0v) is 18.9. The van der Waals surface area contributed by atoms with Gasteiger partial charge in [-0.1, -0.05) is 43.6 Å². The van der Waals surface area contributed by atoms with Crippen LogP contribution in [0.4, 0.5) is 0 Å². The fraction of sp³-hybridized carbons (Fsp3) is 0.375. The van der Waals surface area contributed by atoms with E-state index in [-0.39, 0.29) is 24.1 Å². The number of carbonyl (C=O) groups excluding carboxylic acids is 1. The van der Waals surface area contributed by atoms with Crippen LogP contribution < -0.4 is 10.3 Å². The van der Waals surface area contributed by atoms with Gasteiger partial charge in [-0.3, -0.25) is 14.2 Å². The Labute approximate surface area is 187 Å². The van der Waals surface area contributed by atoms with Gasteiger partial charge in [-0.05, 0) is 50.1 Å². The van der Waals surface area contributed by atoms with Crippen molar-refractivity contribution in [3.8, 4) is 5.75 Å². The normalized spacial score (nSPS) is 12.0. The van der Waals surface area contributed by atoms with Gasteiger partial charge in [0, 0.05) is 18.1 Å². The van der Waals surface area contributed by atoms with E-state index in [1.54, 1.807) is 27.7 Å². The Bertz CT molecular complexity index is 1100. The second-order valence-electron chi connectivity index (χ2n) is 7.29. The summed E-state index contributed by atoms with van der Waals surface area (Å²) in [7, 11) is 0. The lowest BCUT2D eigenvalue weighted by molar-refractivity contribution is -0.136. The predicted molar refractivity (Wildman–Crippen MR) is 124 cm³/mol. The summed E-state index contributed by atoms with van der Waals surface area (Å²) >= 11 is 6.14. The Kier molecular flexibility index (Phi) is 7.69. The number of hydrogen-bond donors (Lipinski definition) is 0. The van der Waals surface area contributed by atoms with E-state index in [2.05, 4.69) is 0 Å². The van der Waals surface area contributed by atoms with Crippen molar-refractivity contribution >= 4 is 28.4 Å². The Hall–Kier alpha value is -2.86. The van der Waals surface area contributed by atoms with Gasteiger partial charge in [0.25, 0.3) is 11.5 Å². The summed E-state index contributed by atoms with van der Waals surface area (Å²) in [6.45, 7) is 6.86. The van der Waals surface area contributed by atoms with Gasteiger partial charge in [0.05, 0.1) is 16.9 Å². The van der Waals surface area contributed by atoms with E-state index in [1.165, 1.54) is 0 Å². The standard InChI is InChI=1S/C24H28ClN3O3/c1-4-14-28(22(29)16-31-18-10-8-7-9-11-18)21(5-2)23-26-20-15-17(25)12-13-19(20)24(30)27(23)6-3/h7-13,15,21H,4-6,14,16H2,1-3H3. The number of nitrogens with zero attached hydrogens (tertiary/aromatic N) is 3. The topological polar surface area (TPSA) is 64.4 Å². The Morgan fingerprint density at radius 2 is 1.90 bits per heavy atom. The highest BCUT2D eigenvalue weighted by Gasteiger charge is 2.28. The minimum atomic E-state index is -0.345. The molecule has 0 aliphatic rings. The highest BCUT2D eigenvalue weighted by Crippen LogP contribution is 2.25. The maximum Gasteiger partial charge on any atom is 0.261 e. The van der Waals surface area contributed by atoms with Gasteiger partial charge in [0.2, 0.25) is 0 Å². The molecule has 1 unspecified atom stereocenters.